The van der Waals surface area contributed by atoms with E-state index in [0.29, 0.717) is 36.9 Å². The number of hydrogen-bond acceptors (Lipinski definition) is 5. The van der Waals surface area contributed by atoms with Crippen LogP contribution in [-0.2, 0) is 24.9 Å². The molecular weight excluding hydrogens is 358 g/mol. The van der Waals surface area contributed by atoms with E-state index in [0.717, 1.165) is 12.2 Å². The largest absolute Gasteiger partial charge is 0.380 e. The molecule has 1 aromatic carbocycles. The summed E-state index contributed by atoms with van der Waals surface area (Å²) < 4.78 is 9.96. The van der Waals surface area contributed by atoms with Crippen molar-refractivity contribution in [1.82, 2.24) is 18.7 Å². The fraction of sp³-hybridized carbons (Fsp3) is 0.450. The Balaban J connectivity index is 1.89. The highest BCUT2D eigenvalue weighted by molar-refractivity contribution is 5.78. The van der Waals surface area contributed by atoms with E-state index >= 15 is 0 Å². The standard InChI is InChI=1S/C20H25N5O3/c1-5-28-12-11-25-18(26)16-17(22(4)20(25)27)21-19-23(9-10-24(16)19)15-8-6-7-13(2)14(15)3/h6-8H,5,9-12H2,1-4H3. The second-order valence-electron chi connectivity index (χ2n) is 7.10. The van der Waals surface area contributed by atoms with Crippen molar-refractivity contribution in [2.75, 3.05) is 24.7 Å². The van der Waals surface area contributed by atoms with Crippen LogP contribution in [0.5, 0.6) is 0 Å². The Labute approximate surface area is 162 Å². The third-order valence-electron chi connectivity index (χ3n) is 5.53. The maximum Gasteiger partial charge on any atom is 0.332 e. The molecule has 8 nitrogen and oxygen atoms in total. The van der Waals surface area contributed by atoms with Crippen molar-refractivity contribution in [3.8, 4) is 0 Å². The van der Waals surface area contributed by atoms with Gasteiger partial charge in [0, 0.05) is 32.4 Å². The number of imidazole rings is 1. The third-order valence-corrected chi connectivity index (χ3v) is 5.53. The van der Waals surface area contributed by atoms with Gasteiger partial charge in [-0.3, -0.25) is 13.9 Å². The molecule has 148 valence electrons. The van der Waals surface area contributed by atoms with E-state index in [1.165, 1.54) is 20.3 Å². The molecule has 0 unspecified atom stereocenters. The number of nitrogens with zero attached hydrogens (tertiary/aromatic N) is 5. The van der Waals surface area contributed by atoms with Gasteiger partial charge in [0.15, 0.2) is 11.2 Å². The molecule has 3 heterocycles. The smallest absolute Gasteiger partial charge is 0.332 e. The van der Waals surface area contributed by atoms with Gasteiger partial charge < -0.3 is 14.2 Å². The number of aryl methyl sites for hydroxylation is 2. The molecule has 4 rings (SSSR count). The molecule has 0 fully saturated rings. The molecule has 1 aliphatic rings. The Morgan fingerprint density at radius 3 is 2.71 bits per heavy atom. The normalized spacial score (nSPS) is 13.5. The molecule has 0 radical (unpaired) electrons. The van der Waals surface area contributed by atoms with E-state index < -0.39 is 0 Å². The number of hydrogen-bond donors (Lipinski definition) is 0. The van der Waals surface area contributed by atoms with Gasteiger partial charge in [0.1, 0.15) is 0 Å². The molecule has 0 bridgehead atoms. The van der Waals surface area contributed by atoms with E-state index in [4.69, 9.17) is 4.74 Å². The summed E-state index contributed by atoms with van der Waals surface area (Å²) in [6, 6.07) is 6.18. The van der Waals surface area contributed by atoms with Crippen molar-refractivity contribution in [3.05, 3.63) is 50.2 Å². The summed E-state index contributed by atoms with van der Waals surface area (Å²) in [6.07, 6.45) is 0. The predicted molar refractivity (Wildman–Crippen MR) is 109 cm³/mol. The van der Waals surface area contributed by atoms with E-state index in [1.54, 1.807) is 7.05 Å². The molecular formula is C20H25N5O3. The zero-order chi connectivity index (χ0) is 20.0. The second kappa shape index (κ2) is 6.94. The Kier molecular flexibility index (Phi) is 4.58. The van der Waals surface area contributed by atoms with Crippen LogP contribution in [0.15, 0.2) is 27.8 Å². The van der Waals surface area contributed by atoms with Crippen LogP contribution in [0.25, 0.3) is 11.2 Å². The first-order valence-electron chi connectivity index (χ1n) is 9.57. The van der Waals surface area contributed by atoms with E-state index in [2.05, 4.69) is 35.9 Å². The van der Waals surface area contributed by atoms with Gasteiger partial charge in [0.25, 0.3) is 5.56 Å². The van der Waals surface area contributed by atoms with Gasteiger partial charge >= 0.3 is 5.69 Å². The molecule has 8 heteroatoms. The fourth-order valence-corrected chi connectivity index (χ4v) is 3.83. The lowest BCUT2D eigenvalue weighted by molar-refractivity contribution is 0.137. The summed E-state index contributed by atoms with van der Waals surface area (Å²) in [4.78, 5) is 32.6. The van der Waals surface area contributed by atoms with Gasteiger partial charge in [-0.25, -0.2) is 4.79 Å². The van der Waals surface area contributed by atoms with E-state index in [-0.39, 0.29) is 17.8 Å². The molecule has 1 aliphatic heterocycles. The van der Waals surface area contributed by atoms with Crippen LogP contribution in [0.2, 0.25) is 0 Å². The number of rotatable bonds is 5. The molecule has 28 heavy (non-hydrogen) atoms. The molecule has 0 N–H and O–H groups in total. The van der Waals surface area contributed by atoms with Crippen LogP contribution < -0.4 is 16.1 Å². The second-order valence-corrected chi connectivity index (χ2v) is 7.10. The van der Waals surface area contributed by atoms with Gasteiger partial charge in [-0.05, 0) is 38.0 Å². The SMILES string of the molecule is CCOCCn1c(=O)c2c(nc3n2CCN3c2cccc(C)c2C)n(C)c1=O. The molecule has 0 spiro atoms. The molecule has 2 aromatic heterocycles. The van der Waals surface area contributed by atoms with Gasteiger partial charge in [-0.15, -0.1) is 0 Å². The highest BCUT2D eigenvalue weighted by Crippen LogP contribution is 2.34. The molecule has 0 saturated heterocycles. The highest BCUT2D eigenvalue weighted by Gasteiger charge is 2.29. The number of aromatic nitrogens is 4. The van der Waals surface area contributed by atoms with Crippen LogP contribution in [0.1, 0.15) is 18.1 Å². The number of ether oxygens (including phenoxy) is 1. The van der Waals surface area contributed by atoms with Crippen LogP contribution in [0, 0.1) is 13.8 Å². The Bertz CT molecular complexity index is 1170. The topological polar surface area (TPSA) is 74.3 Å². The summed E-state index contributed by atoms with van der Waals surface area (Å²) >= 11 is 0. The van der Waals surface area contributed by atoms with Crippen molar-refractivity contribution in [2.24, 2.45) is 7.05 Å². The maximum absolute atomic E-state index is 13.1. The number of benzene rings is 1. The van der Waals surface area contributed by atoms with Gasteiger partial charge in [0.05, 0.1) is 13.2 Å². The summed E-state index contributed by atoms with van der Waals surface area (Å²) in [5, 5.41) is 0. The minimum atomic E-state index is -0.368. The van der Waals surface area contributed by atoms with Crippen molar-refractivity contribution in [3.63, 3.8) is 0 Å². The summed E-state index contributed by atoms with van der Waals surface area (Å²) in [6.45, 7) is 8.55. The Morgan fingerprint density at radius 1 is 1.18 bits per heavy atom. The lowest BCUT2D eigenvalue weighted by atomic mass is 10.1. The third kappa shape index (κ3) is 2.67. The van der Waals surface area contributed by atoms with Gasteiger partial charge in [-0.2, -0.15) is 4.98 Å². The van der Waals surface area contributed by atoms with Crippen molar-refractivity contribution < 1.29 is 4.74 Å². The van der Waals surface area contributed by atoms with Crippen molar-refractivity contribution >= 4 is 22.8 Å². The van der Waals surface area contributed by atoms with E-state index in [1.807, 2.05) is 17.6 Å². The predicted octanol–water partition coefficient (Wildman–Crippen LogP) is 1.70. The number of fused-ring (bicyclic) bond motifs is 3. The molecule has 0 atom stereocenters. The van der Waals surface area contributed by atoms with Crippen LogP contribution in [-0.4, -0.2) is 38.4 Å². The Morgan fingerprint density at radius 2 is 1.96 bits per heavy atom. The Hall–Kier alpha value is -2.87. The summed E-state index contributed by atoms with van der Waals surface area (Å²) in [7, 11) is 1.66. The van der Waals surface area contributed by atoms with E-state index in [9.17, 15) is 9.59 Å². The molecule has 0 aliphatic carbocycles. The lowest BCUT2D eigenvalue weighted by Crippen LogP contribution is -2.40. The maximum atomic E-state index is 13.1. The zero-order valence-electron chi connectivity index (χ0n) is 16.7. The first-order chi connectivity index (χ1) is 13.5. The molecule has 0 amide bonds. The fourth-order valence-electron chi connectivity index (χ4n) is 3.83. The minimum Gasteiger partial charge on any atom is -0.380 e. The lowest BCUT2D eigenvalue weighted by Gasteiger charge is -2.19. The van der Waals surface area contributed by atoms with Crippen LogP contribution >= 0.6 is 0 Å². The van der Waals surface area contributed by atoms with Gasteiger partial charge in [0.2, 0.25) is 5.95 Å². The highest BCUT2D eigenvalue weighted by atomic mass is 16.5. The summed E-state index contributed by atoms with van der Waals surface area (Å²) in [5.74, 6) is 0.707. The van der Waals surface area contributed by atoms with Crippen LogP contribution in [0.4, 0.5) is 11.6 Å². The summed E-state index contributed by atoms with van der Waals surface area (Å²) in [5.41, 5.74) is 3.69. The quantitative estimate of drug-likeness (QED) is 0.627. The van der Waals surface area contributed by atoms with Gasteiger partial charge in [-0.1, -0.05) is 12.1 Å². The van der Waals surface area contributed by atoms with Crippen molar-refractivity contribution in [2.45, 2.75) is 33.9 Å². The number of anilines is 2. The first-order valence-corrected chi connectivity index (χ1v) is 9.57. The van der Waals surface area contributed by atoms with Crippen molar-refractivity contribution in [1.29, 1.82) is 0 Å². The first kappa shape index (κ1) is 18.5. The van der Waals surface area contributed by atoms with Crippen LogP contribution in [0.3, 0.4) is 0 Å². The average Bonchev–Trinajstić information content (AvgIpc) is 3.24. The minimum absolute atomic E-state index is 0.233. The molecule has 3 aromatic rings. The zero-order valence-corrected chi connectivity index (χ0v) is 16.7. The average molecular weight is 383 g/mol. The monoisotopic (exact) mass is 383 g/mol. The molecule has 0 saturated carbocycles.